The quantitative estimate of drug-likeness (QED) is 0.167. The van der Waals surface area contributed by atoms with Gasteiger partial charge in [-0.2, -0.15) is 0 Å². The van der Waals surface area contributed by atoms with E-state index in [2.05, 4.69) is 216 Å². The lowest BCUT2D eigenvalue weighted by Crippen LogP contribution is -2.11. The van der Waals surface area contributed by atoms with Gasteiger partial charge in [0, 0.05) is 69.9 Å². The predicted octanol–water partition coefficient (Wildman–Crippen LogP) is 17.0. The summed E-state index contributed by atoms with van der Waals surface area (Å²) in [5, 5.41) is 9.74. The van der Waals surface area contributed by atoms with E-state index >= 15 is 0 Å². The van der Waals surface area contributed by atoms with Crippen LogP contribution in [0.25, 0.3) is 103 Å². The number of aromatic nitrogens is 1. The first kappa shape index (κ1) is 34.9. The van der Waals surface area contributed by atoms with Gasteiger partial charge in [-0.25, -0.2) is 0 Å². The van der Waals surface area contributed by atoms with Crippen molar-refractivity contribution in [2.45, 2.75) is 0 Å². The summed E-state index contributed by atoms with van der Waals surface area (Å²) in [6.45, 7) is 0. The molecule has 13 rings (SSSR count). The van der Waals surface area contributed by atoms with Crippen molar-refractivity contribution in [3.63, 3.8) is 0 Å². The summed E-state index contributed by atoms with van der Waals surface area (Å²) in [5.41, 5.74) is 13.2. The molecule has 0 aliphatic heterocycles. The Hall–Kier alpha value is -7.92. The van der Waals surface area contributed by atoms with Gasteiger partial charge in [-0.1, -0.05) is 152 Å². The molecule has 0 saturated heterocycles. The topological polar surface area (TPSA) is 21.3 Å². The Morgan fingerprint density at radius 2 is 1.05 bits per heavy atom. The van der Waals surface area contributed by atoms with Crippen LogP contribution >= 0.6 is 11.3 Å². The van der Waals surface area contributed by atoms with Crippen molar-refractivity contribution in [2.24, 2.45) is 0 Å². The van der Waals surface area contributed by atoms with Gasteiger partial charge >= 0.3 is 0 Å². The molecule has 10 aromatic carbocycles. The van der Waals surface area contributed by atoms with Gasteiger partial charge in [0.1, 0.15) is 11.2 Å². The molecule has 0 saturated carbocycles. The molecule has 0 spiro atoms. The number of nitrogens with zero attached hydrogens (tertiary/aromatic N) is 2. The van der Waals surface area contributed by atoms with Crippen LogP contribution in [0.5, 0.6) is 0 Å². The lowest BCUT2D eigenvalue weighted by molar-refractivity contribution is 0.670. The molecule has 13 aromatic rings. The minimum Gasteiger partial charge on any atom is -0.455 e. The monoisotopic (exact) mass is 808 g/mol. The molecule has 0 radical (unpaired) electrons. The SMILES string of the molecule is c1ccc2cc(N(c3ccc(-c4cccc5c4oc4ccccc45)cc3)c3ccc4c(sc5ccccc54)c3-c3ccc(-n4c5ccccc5c5ccccc54)cc3)ccc2c1. The van der Waals surface area contributed by atoms with E-state index in [1.807, 2.05) is 23.5 Å². The molecule has 0 aliphatic carbocycles. The molecule has 4 heteroatoms. The Bertz CT molecular complexity index is 3820. The van der Waals surface area contributed by atoms with Crippen molar-refractivity contribution < 1.29 is 4.42 Å². The zero-order valence-electron chi connectivity index (χ0n) is 33.5. The molecule has 3 nitrogen and oxygen atoms in total. The number of furan rings is 1. The first-order valence-corrected chi connectivity index (χ1v) is 21.9. The van der Waals surface area contributed by atoms with Gasteiger partial charge in [0.15, 0.2) is 0 Å². The molecule has 0 atom stereocenters. The summed E-state index contributed by atoms with van der Waals surface area (Å²) in [5.74, 6) is 0. The lowest BCUT2D eigenvalue weighted by Gasteiger charge is -2.29. The van der Waals surface area contributed by atoms with Gasteiger partial charge < -0.3 is 13.9 Å². The van der Waals surface area contributed by atoms with E-state index in [0.717, 1.165) is 55.8 Å². The maximum Gasteiger partial charge on any atom is 0.143 e. The number of para-hydroxylation sites is 4. The van der Waals surface area contributed by atoms with Crippen LogP contribution in [-0.4, -0.2) is 4.57 Å². The van der Waals surface area contributed by atoms with Gasteiger partial charge in [-0.15, -0.1) is 11.3 Å². The van der Waals surface area contributed by atoms with E-state index in [1.165, 1.54) is 63.9 Å². The van der Waals surface area contributed by atoms with Crippen LogP contribution in [0.4, 0.5) is 17.1 Å². The molecular formula is C58H36N2OS. The Morgan fingerprint density at radius 3 is 1.84 bits per heavy atom. The second-order valence-electron chi connectivity index (χ2n) is 16.0. The van der Waals surface area contributed by atoms with Crippen LogP contribution < -0.4 is 4.90 Å². The Morgan fingerprint density at radius 1 is 0.419 bits per heavy atom. The second-order valence-corrected chi connectivity index (χ2v) is 17.1. The number of thiophene rings is 1. The minimum atomic E-state index is 0.904. The van der Waals surface area contributed by atoms with Crippen LogP contribution in [0, 0.1) is 0 Å². The zero-order chi connectivity index (χ0) is 40.7. The summed E-state index contributed by atoms with van der Waals surface area (Å²) in [6, 6.07) is 79.3. The van der Waals surface area contributed by atoms with Crippen molar-refractivity contribution >= 4 is 103 Å². The molecule has 0 bridgehead atoms. The van der Waals surface area contributed by atoms with Crippen LogP contribution in [0.15, 0.2) is 223 Å². The van der Waals surface area contributed by atoms with Gasteiger partial charge in [0.25, 0.3) is 0 Å². The Kier molecular flexibility index (Phi) is 7.78. The normalized spacial score (nSPS) is 11.9. The van der Waals surface area contributed by atoms with Crippen molar-refractivity contribution in [3.05, 3.63) is 218 Å². The van der Waals surface area contributed by atoms with E-state index in [4.69, 9.17) is 4.42 Å². The van der Waals surface area contributed by atoms with E-state index < -0.39 is 0 Å². The molecule has 0 N–H and O–H groups in total. The molecule has 0 fully saturated rings. The Balaban J connectivity index is 1.02. The fourth-order valence-corrected chi connectivity index (χ4v) is 11.0. The first-order chi connectivity index (χ1) is 30.7. The Labute approximate surface area is 361 Å². The van der Waals surface area contributed by atoms with Crippen molar-refractivity contribution in [3.8, 4) is 27.9 Å². The van der Waals surface area contributed by atoms with Crippen LogP contribution in [0.3, 0.4) is 0 Å². The molecule has 3 aromatic heterocycles. The highest BCUT2D eigenvalue weighted by Gasteiger charge is 2.23. The summed E-state index contributed by atoms with van der Waals surface area (Å²) in [4.78, 5) is 2.44. The van der Waals surface area contributed by atoms with Crippen molar-refractivity contribution in [1.29, 1.82) is 0 Å². The average Bonchev–Trinajstić information content (AvgIpc) is 4.02. The van der Waals surface area contributed by atoms with Gasteiger partial charge in [0.05, 0.1) is 16.7 Å². The molecule has 3 heterocycles. The largest absolute Gasteiger partial charge is 0.455 e. The highest BCUT2D eigenvalue weighted by Crippen LogP contribution is 2.49. The molecule has 62 heavy (non-hydrogen) atoms. The van der Waals surface area contributed by atoms with Crippen molar-refractivity contribution in [1.82, 2.24) is 4.57 Å². The average molecular weight is 809 g/mol. The van der Waals surface area contributed by atoms with E-state index in [-0.39, 0.29) is 0 Å². The maximum absolute atomic E-state index is 6.49. The molecule has 0 amide bonds. The summed E-state index contributed by atoms with van der Waals surface area (Å²) in [6.07, 6.45) is 0. The summed E-state index contributed by atoms with van der Waals surface area (Å²) < 4.78 is 11.4. The molecular weight excluding hydrogens is 773 g/mol. The molecule has 290 valence electrons. The van der Waals surface area contributed by atoms with E-state index in [0.29, 0.717) is 0 Å². The number of benzene rings is 10. The summed E-state index contributed by atoms with van der Waals surface area (Å²) in [7, 11) is 0. The smallest absolute Gasteiger partial charge is 0.143 e. The lowest BCUT2D eigenvalue weighted by atomic mass is 9.97. The van der Waals surface area contributed by atoms with Gasteiger partial charge in [-0.05, 0) is 88.6 Å². The number of rotatable bonds is 6. The fraction of sp³-hybridized carbons (Fsp3) is 0. The van der Waals surface area contributed by atoms with Gasteiger partial charge in [-0.3, -0.25) is 0 Å². The molecule has 0 aliphatic rings. The van der Waals surface area contributed by atoms with Crippen LogP contribution in [0.1, 0.15) is 0 Å². The van der Waals surface area contributed by atoms with Crippen molar-refractivity contribution in [2.75, 3.05) is 4.90 Å². The number of anilines is 3. The second kappa shape index (κ2) is 13.8. The fourth-order valence-electron chi connectivity index (χ4n) is 9.73. The third-order valence-corrected chi connectivity index (χ3v) is 13.8. The zero-order valence-corrected chi connectivity index (χ0v) is 34.3. The van der Waals surface area contributed by atoms with Crippen LogP contribution in [-0.2, 0) is 0 Å². The third-order valence-electron chi connectivity index (χ3n) is 12.6. The van der Waals surface area contributed by atoms with Crippen LogP contribution in [0.2, 0.25) is 0 Å². The first-order valence-electron chi connectivity index (χ1n) is 21.1. The minimum absolute atomic E-state index is 0.904. The highest BCUT2D eigenvalue weighted by molar-refractivity contribution is 7.26. The third kappa shape index (κ3) is 5.37. The standard InChI is InChI=1S/C58H36N2OS/c1-2-13-40-36-43(33-24-37(40)12-1)59(41-29-25-38(26-30-41)44-18-11-19-49-47-16-5-9-22-54(47)61-57(44)49)53-35-34-50-48-17-6-10-23-55(48)62-58(50)56(53)39-27-31-42(32-28-39)60-51-20-7-3-14-45(51)46-15-4-8-21-52(46)60/h1-36H. The van der Waals surface area contributed by atoms with E-state index in [1.54, 1.807) is 0 Å². The highest BCUT2D eigenvalue weighted by atomic mass is 32.1. The number of hydrogen-bond donors (Lipinski definition) is 0. The van der Waals surface area contributed by atoms with E-state index in [9.17, 15) is 0 Å². The number of hydrogen-bond acceptors (Lipinski definition) is 3. The molecule has 0 unspecified atom stereocenters. The maximum atomic E-state index is 6.49. The van der Waals surface area contributed by atoms with Gasteiger partial charge in [0.2, 0.25) is 0 Å². The summed E-state index contributed by atoms with van der Waals surface area (Å²) >= 11 is 1.87. The number of fused-ring (bicyclic) bond motifs is 10. The predicted molar refractivity (Wildman–Crippen MR) is 264 cm³/mol.